The third-order valence-electron chi connectivity index (χ3n) is 3.41. The summed E-state index contributed by atoms with van der Waals surface area (Å²) >= 11 is 0. The van der Waals surface area contributed by atoms with Crippen LogP contribution >= 0.6 is 7.82 Å². The highest BCUT2D eigenvalue weighted by Crippen LogP contribution is 2.38. The summed E-state index contributed by atoms with van der Waals surface area (Å²) in [6.07, 6.45) is -2.49. The van der Waals surface area contributed by atoms with E-state index >= 15 is 0 Å². The molecule has 1 fully saturated rings. The van der Waals surface area contributed by atoms with Gasteiger partial charge in [0.1, 0.15) is 30.2 Å². The number of imidazole rings is 1. The minimum atomic E-state index is -4.72. The van der Waals surface area contributed by atoms with Gasteiger partial charge in [0.15, 0.2) is 17.7 Å². The van der Waals surface area contributed by atoms with Crippen LogP contribution in [-0.2, 0) is 18.6 Å². The van der Waals surface area contributed by atoms with Gasteiger partial charge >= 0.3 is 7.82 Å². The predicted octanol–water partition coefficient (Wildman–Crippen LogP) is -2.37. The van der Waals surface area contributed by atoms with Crippen LogP contribution < -0.4 is 11.5 Å². The van der Waals surface area contributed by atoms with Crippen molar-refractivity contribution in [2.75, 3.05) is 12.3 Å². The maximum absolute atomic E-state index is 10.7. The van der Waals surface area contributed by atoms with Gasteiger partial charge in [0, 0.05) is 6.92 Å². The molecule has 1 aliphatic rings. The molecular weight excluding hydrogens is 387 g/mol. The van der Waals surface area contributed by atoms with E-state index in [1.165, 1.54) is 24.1 Å². The molecule has 150 valence electrons. The number of aromatic nitrogens is 4. The summed E-state index contributed by atoms with van der Waals surface area (Å²) in [4.78, 5) is 38.4. The first-order valence-electron chi connectivity index (χ1n) is 7.42. The van der Waals surface area contributed by atoms with Gasteiger partial charge in [0.25, 0.3) is 0 Å². The zero-order valence-corrected chi connectivity index (χ0v) is 14.9. The zero-order valence-electron chi connectivity index (χ0n) is 14.0. The second-order valence-electron chi connectivity index (χ2n) is 5.53. The average Bonchev–Trinajstić information content (AvgIpc) is 3.08. The second kappa shape index (κ2) is 8.22. The van der Waals surface area contributed by atoms with E-state index < -0.39 is 39.0 Å². The Morgan fingerprint density at radius 2 is 1.96 bits per heavy atom. The predicted molar refractivity (Wildman–Crippen MR) is 88.5 cm³/mol. The normalized spacial score (nSPS) is 25.2. The molecule has 0 radical (unpaired) electrons. The van der Waals surface area contributed by atoms with Crippen molar-refractivity contribution in [3.63, 3.8) is 0 Å². The number of hydrogen-bond donors (Lipinski definition) is 6. The third-order valence-corrected chi connectivity index (χ3v) is 3.89. The second-order valence-corrected chi connectivity index (χ2v) is 6.77. The van der Waals surface area contributed by atoms with Crippen molar-refractivity contribution in [3.8, 4) is 0 Å². The first-order chi connectivity index (χ1) is 12.5. The van der Waals surface area contributed by atoms with E-state index in [-0.39, 0.29) is 17.4 Å². The Kier molecular flexibility index (Phi) is 6.43. The molecule has 0 bridgehead atoms. The average molecular weight is 406 g/mol. The maximum atomic E-state index is 10.7. The lowest BCUT2D eigenvalue weighted by atomic mass is 10.1. The number of primary amides is 1. The Hall–Kier alpha value is -2.19. The van der Waals surface area contributed by atoms with Crippen LogP contribution in [-0.4, -0.2) is 70.3 Å². The van der Waals surface area contributed by atoms with E-state index in [1.807, 2.05) is 0 Å². The first kappa shape index (κ1) is 21.1. The molecule has 14 nitrogen and oxygen atoms in total. The van der Waals surface area contributed by atoms with Gasteiger partial charge in [-0.05, 0) is 0 Å². The zero-order chi connectivity index (χ0) is 20.4. The Morgan fingerprint density at radius 3 is 2.56 bits per heavy atom. The molecule has 15 heteroatoms. The molecule has 0 saturated carbocycles. The highest BCUT2D eigenvalue weighted by molar-refractivity contribution is 7.46. The number of phosphoric ester groups is 1. The molecule has 8 N–H and O–H groups in total. The van der Waals surface area contributed by atoms with Crippen LogP contribution in [0.4, 0.5) is 5.82 Å². The van der Waals surface area contributed by atoms with Crippen LogP contribution in [0.25, 0.3) is 11.2 Å². The van der Waals surface area contributed by atoms with Crippen LogP contribution in [0.1, 0.15) is 13.2 Å². The van der Waals surface area contributed by atoms with Gasteiger partial charge in [-0.2, -0.15) is 0 Å². The summed E-state index contributed by atoms with van der Waals surface area (Å²) < 4.78 is 21.8. The van der Waals surface area contributed by atoms with E-state index in [0.29, 0.717) is 5.52 Å². The van der Waals surface area contributed by atoms with Crippen molar-refractivity contribution in [2.24, 2.45) is 5.73 Å². The fourth-order valence-electron chi connectivity index (χ4n) is 2.32. The molecule has 1 amide bonds. The lowest BCUT2D eigenvalue weighted by molar-refractivity contribution is -0.115. The molecule has 4 atom stereocenters. The highest BCUT2D eigenvalue weighted by atomic mass is 31.2. The molecule has 27 heavy (non-hydrogen) atoms. The molecule has 0 unspecified atom stereocenters. The molecule has 2 aromatic rings. The Morgan fingerprint density at radius 1 is 1.33 bits per heavy atom. The summed E-state index contributed by atoms with van der Waals surface area (Å²) in [7, 11) is -4.72. The summed E-state index contributed by atoms with van der Waals surface area (Å²) in [5.74, 6) is -0.192. The van der Waals surface area contributed by atoms with Gasteiger partial charge in [-0.15, -0.1) is 0 Å². The van der Waals surface area contributed by atoms with Gasteiger partial charge < -0.3 is 36.2 Å². The lowest BCUT2D eigenvalue weighted by Gasteiger charge is -2.16. The van der Waals surface area contributed by atoms with Crippen LogP contribution in [0, 0.1) is 0 Å². The van der Waals surface area contributed by atoms with Gasteiger partial charge in [-0.25, -0.2) is 19.5 Å². The maximum Gasteiger partial charge on any atom is 0.469 e. The van der Waals surface area contributed by atoms with Crippen molar-refractivity contribution in [2.45, 2.75) is 31.5 Å². The Bertz CT molecular complexity index is 852. The molecule has 3 rings (SSSR count). The number of phosphoric acid groups is 1. The van der Waals surface area contributed by atoms with E-state index in [1.54, 1.807) is 0 Å². The molecule has 0 spiro atoms. The fourth-order valence-corrected chi connectivity index (χ4v) is 2.66. The van der Waals surface area contributed by atoms with Gasteiger partial charge in [0.2, 0.25) is 5.91 Å². The molecule has 3 heterocycles. The van der Waals surface area contributed by atoms with E-state index in [9.17, 15) is 19.6 Å². The molecule has 0 aliphatic carbocycles. The van der Waals surface area contributed by atoms with E-state index in [0.717, 1.165) is 0 Å². The minimum Gasteiger partial charge on any atom is -0.387 e. The number of ether oxygens (including phenoxy) is 1. The van der Waals surface area contributed by atoms with Crippen molar-refractivity contribution in [1.82, 2.24) is 19.5 Å². The van der Waals surface area contributed by atoms with Crippen LogP contribution in [0.2, 0.25) is 0 Å². The number of fused-ring (bicyclic) bond motifs is 1. The standard InChI is InChI=1S/C10H14N5O7P.C2H5NO/c11-8-5-9(13-2-12-8)15(3-14-5)10-7(17)6(16)4(22-10)1-21-23(18,19)20;1-2(3)4/h2-4,6-7,10,16-17H,1H2,(H2,11,12,13)(H2,18,19,20);1H3,(H2,3,4)/t4-,6-,7-,10-;/m1./s1. The number of hydrogen-bond acceptors (Lipinski definition) is 10. The van der Waals surface area contributed by atoms with Crippen molar-refractivity contribution >= 4 is 30.7 Å². The Labute approximate surface area is 152 Å². The van der Waals surface area contributed by atoms with Gasteiger partial charge in [-0.3, -0.25) is 13.9 Å². The fraction of sp³-hybridized carbons (Fsp3) is 0.500. The van der Waals surface area contributed by atoms with E-state index in [2.05, 4.69) is 25.2 Å². The Balaban J connectivity index is 0.000000596. The number of nitrogen functional groups attached to an aromatic ring is 1. The number of carbonyl (C=O) groups is 1. The van der Waals surface area contributed by atoms with Gasteiger partial charge in [-0.1, -0.05) is 0 Å². The number of aliphatic hydroxyl groups is 2. The molecule has 1 saturated heterocycles. The summed E-state index contributed by atoms with van der Waals surface area (Å²) in [6, 6.07) is 0. The largest absolute Gasteiger partial charge is 0.469 e. The quantitative estimate of drug-likeness (QED) is 0.293. The van der Waals surface area contributed by atoms with Crippen LogP contribution in [0.3, 0.4) is 0 Å². The number of carbonyl (C=O) groups excluding carboxylic acids is 1. The van der Waals surface area contributed by atoms with Crippen LogP contribution in [0.5, 0.6) is 0 Å². The van der Waals surface area contributed by atoms with Crippen LogP contribution in [0.15, 0.2) is 12.7 Å². The summed E-state index contributed by atoms with van der Waals surface area (Å²) in [6.45, 7) is 0.711. The highest BCUT2D eigenvalue weighted by Gasteiger charge is 2.45. The topological polar surface area (TPSA) is 229 Å². The number of anilines is 1. The molecule has 2 aromatic heterocycles. The van der Waals surface area contributed by atoms with Crippen molar-refractivity contribution in [3.05, 3.63) is 12.7 Å². The number of nitrogens with two attached hydrogens (primary N) is 2. The van der Waals surface area contributed by atoms with Crippen molar-refractivity contribution in [1.29, 1.82) is 0 Å². The van der Waals surface area contributed by atoms with Gasteiger partial charge in [0.05, 0.1) is 12.9 Å². The number of aliphatic hydroxyl groups excluding tert-OH is 2. The van der Waals surface area contributed by atoms with Crippen molar-refractivity contribution < 1.29 is 38.6 Å². The minimum absolute atomic E-state index is 0.142. The third kappa shape index (κ3) is 5.17. The number of rotatable bonds is 4. The molecule has 0 aromatic carbocycles. The summed E-state index contributed by atoms with van der Waals surface area (Å²) in [5, 5.41) is 20.1. The lowest BCUT2D eigenvalue weighted by Crippen LogP contribution is -2.33. The molecule has 1 aliphatic heterocycles. The summed E-state index contributed by atoms with van der Waals surface area (Å²) in [5.41, 5.74) is 10.7. The smallest absolute Gasteiger partial charge is 0.387 e. The SMILES string of the molecule is CC(N)=O.Nc1ncnc2c1ncn2[C@@H]1O[C@H](COP(=O)(O)O)[C@@H](O)[C@H]1O. The number of amides is 1. The van der Waals surface area contributed by atoms with E-state index in [4.69, 9.17) is 20.3 Å². The first-order valence-corrected chi connectivity index (χ1v) is 8.95. The number of nitrogens with zero attached hydrogens (tertiary/aromatic N) is 4. The monoisotopic (exact) mass is 406 g/mol. The molecular formula is C12H19N6O8P.